The largest absolute Gasteiger partial charge is 1.00 e. The van der Waals surface area contributed by atoms with Crippen LogP contribution in [0.2, 0.25) is 0 Å². The summed E-state index contributed by atoms with van der Waals surface area (Å²) in [6.07, 6.45) is 13.4. The Morgan fingerprint density at radius 3 is 1.94 bits per heavy atom. The first-order chi connectivity index (χ1) is 7.85. The van der Waals surface area contributed by atoms with Crippen LogP contribution in [-0.2, 0) is 0 Å². The summed E-state index contributed by atoms with van der Waals surface area (Å²) < 4.78 is 1.50. The minimum Gasteiger partial charge on any atom is -1.00 e. The minimum atomic E-state index is 0. The molecule has 3 heterocycles. The molecule has 1 nitrogen and oxygen atoms in total. The molecule has 3 saturated heterocycles. The van der Waals surface area contributed by atoms with E-state index in [0.29, 0.717) is 0 Å². The molecular weight excluding hydrogens is 230 g/mol. The van der Waals surface area contributed by atoms with Crippen LogP contribution in [0.4, 0.5) is 0 Å². The molecule has 0 atom stereocenters. The number of unbranched alkanes of at least 4 members (excludes halogenated alkanes) is 5. The van der Waals surface area contributed by atoms with E-state index >= 15 is 0 Å². The summed E-state index contributed by atoms with van der Waals surface area (Å²) in [6, 6.07) is 0. The summed E-state index contributed by atoms with van der Waals surface area (Å²) in [6.45, 7) is 8.34. The minimum absolute atomic E-state index is 0. The van der Waals surface area contributed by atoms with Crippen molar-refractivity contribution < 1.29 is 16.9 Å². The van der Waals surface area contributed by atoms with Gasteiger partial charge in [-0.25, -0.2) is 0 Å². The van der Waals surface area contributed by atoms with Gasteiger partial charge in [-0.05, 0) is 38.0 Å². The third kappa shape index (κ3) is 4.44. The first-order valence-corrected chi connectivity index (χ1v) is 7.70. The summed E-state index contributed by atoms with van der Waals surface area (Å²) in [5, 5.41) is 0. The van der Waals surface area contributed by atoms with Gasteiger partial charge in [0.05, 0.1) is 26.2 Å². The molecule has 3 rings (SSSR count). The average Bonchev–Trinajstić information content (AvgIpc) is 2.36. The zero-order valence-corrected chi connectivity index (χ0v) is 12.4. The maximum atomic E-state index is 2.30. The number of rotatable bonds is 7. The highest BCUT2D eigenvalue weighted by molar-refractivity contribution is 4.71. The van der Waals surface area contributed by atoms with Gasteiger partial charge in [-0.2, -0.15) is 0 Å². The molecule has 17 heavy (non-hydrogen) atoms. The topological polar surface area (TPSA) is 0 Å². The van der Waals surface area contributed by atoms with E-state index in [1.54, 1.807) is 0 Å². The molecule has 0 radical (unpaired) electrons. The van der Waals surface area contributed by atoms with Crippen molar-refractivity contribution in [3.8, 4) is 0 Å². The second kappa shape index (κ2) is 7.63. The van der Waals surface area contributed by atoms with Gasteiger partial charge in [0.15, 0.2) is 0 Å². The van der Waals surface area contributed by atoms with Gasteiger partial charge in [-0.15, -0.1) is 0 Å². The number of quaternary nitrogens is 1. The predicted octanol–water partition coefficient (Wildman–Crippen LogP) is 0.981. The normalized spacial score (nSPS) is 31.2. The first kappa shape index (κ1) is 15.3. The van der Waals surface area contributed by atoms with Gasteiger partial charge in [0.2, 0.25) is 0 Å². The zero-order valence-electron chi connectivity index (χ0n) is 11.6. The standard InChI is InChI=1S/C15H30N.ClH/c1-2-3-4-5-6-7-11-16-12-8-15(9-13-16)10-14-16;/h15H,2-14H2,1H3;1H/q+1;/p-1. The highest BCUT2D eigenvalue weighted by Gasteiger charge is 2.38. The van der Waals surface area contributed by atoms with Crippen LogP contribution in [0.5, 0.6) is 0 Å². The molecule has 2 bridgehead atoms. The first-order valence-electron chi connectivity index (χ1n) is 7.70. The van der Waals surface area contributed by atoms with E-state index in [0.717, 1.165) is 5.92 Å². The fraction of sp³-hybridized carbons (Fsp3) is 1.00. The molecule has 3 aliphatic rings. The maximum Gasteiger partial charge on any atom is 0.0789 e. The molecule has 0 saturated carbocycles. The Morgan fingerprint density at radius 1 is 0.824 bits per heavy atom. The second-order valence-corrected chi connectivity index (χ2v) is 6.24. The van der Waals surface area contributed by atoms with E-state index < -0.39 is 0 Å². The van der Waals surface area contributed by atoms with Crippen molar-refractivity contribution in [3.63, 3.8) is 0 Å². The lowest BCUT2D eigenvalue weighted by atomic mass is 9.85. The Bertz CT molecular complexity index is 183. The zero-order chi connectivity index (χ0) is 11.3. The van der Waals surface area contributed by atoms with Crippen LogP contribution in [0.15, 0.2) is 0 Å². The summed E-state index contributed by atoms with van der Waals surface area (Å²) in [4.78, 5) is 0. The summed E-state index contributed by atoms with van der Waals surface area (Å²) >= 11 is 0. The van der Waals surface area contributed by atoms with Gasteiger partial charge in [-0.3, -0.25) is 0 Å². The van der Waals surface area contributed by atoms with E-state index in [-0.39, 0.29) is 12.4 Å². The van der Waals surface area contributed by atoms with E-state index in [9.17, 15) is 0 Å². The lowest BCUT2D eigenvalue weighted by Crippen LogP contribution is -3.00. The number of piperidine rings is 3. The highest BCUT2D eigenvalue weighted by Crippen LogP contribution is 2.33. The van der Waals surface area contributed by atoms with Crippen LogP contribution in [-0.4, -0.2) is 30.7 Å². The van der Waals surface area contributed by atoms with Crippen molar-refractivity contribution in [1.82, 2.24) is 0 Å². The van der Waals surface area contributed by atoms with Crippen LogP contribution in [0, 0.1) is 5.92 Å². The van der Waals surface area contributed by atoms with E-state index in [4.69, 9.17) is 0 Å². The third-order valence-corrected chi connectivity index (χ3v) is 5.02. The predicted molar refractivity (Wildman–Crippen MR) is 70.4 cm³/mol. The summed E-state index contributed by atoms with van der Waals surface area (Å²) in [5.41, 5.74) is 0. The molecule has 0 N–H and O–H groups in total. The molecule has 0 aromatic carbocycles. The molecule has 0 aromatic rings. The molecule has 0 amide bonds. The molecule has 0 unspecified atom stereocenters. The molecule has 3 fully saturated rings. The smallest absolute Gasteiger partial charge is 0.0789 e. The molecule has 3 aliphatic heterocycles. The highest BCUT2D eigenvalue weighted by atomic mass is 35.5. The van der Waals surface area contributed by atoms with Gasteiger partial charge in [0.25, 0.3) is 0 Å². The van der Waals surface area contributed by atoms with Crippen molar-refractivity contribution >= 4 is 0 Å². The third-order valence-electron chi connectivity index (χ3n) is 5.02. The van der Waals surface area contributed by atoms with E-state index in [2.05, 4.69) is 6.92 Å². The Labute approximate surface area is 114 Å². The van der Waals surface area contributed by atoms with Crippen molar-refractivity contribution in [2.24, 2.45) is 5.92 Å². The van der Waals surface area contributed by atoms with Crippen LogP contribution in [0.3, 0.4) is 0 Å². The summed E-state index contributed by atoms with van der Waals surface area (Å²) in [7, 11) is 0. The van der Waals surface area contributed by atoms with Gasteiger partial charge in [0.1, 0.15) is 0 Å². The van der Waals surface area contributed by atoms with Gasteiger partial charge in [0, 0.05) is 0 Å². The van der Waals surface area contributed by atoms with Crippen LogP contribution in [0.25, 0.3) is 0 Å². The Kier molecular flexibility index (Phi) is 6.87. The SMILES string of the molecule is CCCCCCCC[N+]12CCC(CC1)CC2.[Cl-]. The Morgan fingerprint density at radius 2 is 1.35 bits per heavy atom. The van der Waals surface area contributed by atoms with E-state index in [1.807, 2.05) is 0 Å². The molecule has 0 aliphatic carbocycles. The van der Waals surface area contributed by atoms with Crippen LogP contribution < -0.4 is 12.4 Å². The Balaban J connectivity index is 0.00000144. The van der Waals surface area contributed by atoms with Crippen LogP contribution in [0.1, 0.15) is 64.7 Å². The fourth-order valence-electron chi connectivity index (χ4n) is 3.70. The maximum absolute atomic E-state index is 2.30. The lowest BCUT2D eigenvalue weighted by molar-refractivity contribution is -0.942. The number of nitrogens with zero attached hydrogens (tertiary/aromatic N) is 1. The number of halogens is 1. The second-order valence-electron chi connectivity index (χ2n) is 6.24. The monoisotopic (exact) mass is 259 g/mol. The Hall–Kier alpha value is 0.250. The number of hydrogen-bond donors (Lipinski definition) is 0. The quantitative estimate of drug-likeness (QED) is 0.473. The molecule has 0 aromatic heterocycles. The number of hydrogen-bond acceptors (Lipinski definition) is 0. The molecular formula is C15H30ClN. The van der Waals surface area contributed by atoms with Crippen molar-refractivity contribution in [2.45, 2.75) is 64.7 Å². The molecule has 2 heteroatoms. The van der Waals surface area contributed by atoms with Gasteiger partial charge in [-0.1, -0.05) is 32.6 Å². The van der Waals surface area contributed by atoms with Gasteiger partial charge < -0.3 is 16.9 Å². The van der Waals surface area contributed by atoms with Crippen molar-refractivity contribution in [1.29, 1.82) is 0 Å². The van der Waals surface area contributed by atoms with E-state index in [1.165, 1.54) is 88.4 Å². The number of fused-ring (bicyclic) bond motifs is 3. The lowest BCUT2D eigenvalue weighted by Gasteiger charge is -2.49. The molecule has 0 spiro atoms. The van der Waals surface area contributed by atoms with Crippen LogP contribution >= 0.6 is 0 Å². The fourth-order valence-corrected chi connectivity index (χ4v) is 3.70. The van der Waals surface area contributed by atoms with Gasteiger partial charge >= 0.3 is 0 Å². The average molecular weight is 260 g/mol. The van der Waals surface area contributed by atoms with Crippen molar-refractivity contribution in [2.75, 3.05) is 26.2 Å². The molecule has 102 valence electrons. The summed E-state index contributed by atoms with van der Waals surface area (Å²) in [5.74, 6) is 1.12. The van der Waals surface area contributed by atoms with Crippen molar-refractivity contribution in [3.05, 3.63) is 0 Å².